The molecular weight excluding hydrogens is 249 g/mol. The maximum atomic E-state index is 13.6. The van der Waals surface area contributed by atoms with Crippen LogP contribution < -0.4 is 10.6 Å². The number of nitriles is 1. The average Bonchev–Trinajstić information content (AvgIpc) is 2.41. The van der Waals surface area contributed by atoms with E-state index in [-0.39, 0.29) is 17.2 Å². The number of halogens is 1. The van der Waals surface area contributed by atoms with E-state index < -0.39 is 11.9 Å². The summed E-state index contributed by atoms with van der Waals surface area (Å²) in [5.41, 5.74) is 0.425. The molecule has 0 aliphatic heterocycles. The molecule has 1 amide bonds. The summed E-state index contributed by atoms with van der Waals surface area (Å²) >= 11 is 0. The van der Waals surface area contributed by atoms with E-state index in [2.05, 4.69) is 10.6 Å². The molecule has 1 unspecified atom stereocenters. The first kappa shape index (κ1) is 14.9. The van der Waals surface area contributed by atoms with Gasteiger partial charge in [0.2, 0.25) is 5.91 Å². The molecule has 0 aliphatic rings. The van der Waals surface area contributed by atoms with Crippen LogP contribution in [0.15, 0.2) is 18.2 Å². The molecule has 0 radical (unpaired) electrons. The molecule has 0 aliphatic carbocycles. The summed E-state index contributed by atoms with van der Waals surface area (Å²) in [6.07, 6.45) is 0. The number of nitrogens with one attached hydrogen (secondary N) is 2. The van der Waals surface area contributed by atoms with Crippen molar-refractivity contribution in [2.45, 2.75) is 13.0 Å². The van der Waals surface area contributed by atoms with Gasteiger partial charge in [-0.1, -0.05) is 0 Å². The van der Waals surface area contributed by atoms with E-state index in [9.17, 15) is 9.18 Å². The molecule has 1 aromatic rings. The highest BCUT2D eigenvalue weighted by molar-refractivity contribution is 5.84. The third kappa shape index (κ3) is 4.56. The third-order valence-corrected chi connectivity index (χ3v) is 2.47. The van der Waals surface area contributed by atoms with Gasteiger partial charge in [-0.3, -0.25) is 4.79 Å². The summed E-state index contributed by atoms with van der Waals surface area (Å²) in [6, 6.07) is 5.31. The second-order valence-electron chi connectivity index (χ2n) is 3.96. The van der Waals surface area contributed by atoms with Gasteiger partial charge in [-0.05, 0) is 25.1 Å². The maximum absolute atomic E-state index is 13.6. The largest absolute Gasteiger partial charge is 0.383 e. The van der Waals surface area contributed by atoms with E-state index in [1.165, 1.54) is 12.1 Å². The first-order valence-corrected chi connectivity index (χ1v) is 5.81. The molecule has 2 N–H and O–H groups in total. The van der Waals surface area contributed by atoms with Crippen molar-refractivity contribution in [2.24, 2.45) is 0 Å². The van der Waals surface area contributed by atoms with Gasteiger partial charge < -0.3 is 15.4 Å². The normalized spacial score (nSPS) is 11.5. The van der Waals surface area contributed by atoms with E-state index in [1.807, 2.05) is 6.07 Å². The summed E-state index contributed by atoms with van der Waals surface area (Å²) in [4.78, 5) is 11.7. The van der Waals surface area contributed by atoms with Crippen molar-refractivity contribution >= 4 is 11.6 Å². The fourth-order valence-electron chi connectivity index (χ4n) is 1.43. The molecule has 0 heterocycles. The van der Waals surface area contributed by atoms with E-state index >= 15 is 0 Å². The van der Waals surface area contributed by atoms with Crippen molar-refractivity contribution in [1.29, 1.82) is 5.26 Å². The molecule has 0 saturated heterocycles. The van der Waals surface area contributed by atoms with Gasteiger partial charge in [-0.15, -0.1) is 0 Å². The molecule has 0 spiro atoms. The second kappa shape index (κ2) is 7.34. The summed E-state index contributed by atoms with van der Waals surface area (Å²) in [5, 5.41) is 14.0. The number of rotatable bonds is 6. The van der Waals surface area contributed by atoms with Crippen molar-refractivity contribution in [2.75, 3.05) is 25.6 Å². The predicted molar refractivity (Wildman–Crippen MR) is 69.1 cm³/mol. The predicted octanol–water partition coefficient (Wildman–Crippen LogP) is 1.26. The average molecular weight is 265 g/mol. The van der Waals surface area contributed by atoms with Crippen LogP contribution >= 0.6 is 0 Å². The lowest BCUT2D eigenvalue weighted by molar-refractivity contribution is -0.121. The van der Waals surface area contributed by atoms with Crippen LogP contribution in [0.1, 0.15) is 12.5 Å². The number of ether oxygens (including phenoxy) is 1. The summed E-state index contributed by atoms with van der Waals surface area (Å²) < 4.78 is 18.4. The van der Waals surface area contributed by atoms with Gasteiger partial charge in [0.1, 0.15) is 11.9 Å². The molecule has 1 rings (SSSR count). The minimum absolute atomic E-state index is 0.188. The van der Waals surface area contributed by atoms with Crippen LogP contribution in [-0.4, -0.2) is 32.2 Å². The van der Waals surface area contributed by atoms with Crippen LogP contribution in [0.4, 0.5) is 10.1 Å². The summed E-state index contributed by atoms with van der Waals surface area (Å²) in [6.45, 7) is 2.45. The van der Waals surface area contributed by atoms with Gasteiger partial charge in [0.15, 0.2) is 0 Å². The lowest BCUT2D eigenvalue weighted by Crippen LogP contribution is -2.39. The van der Waals surface area contributed by atoms with Crippen molar-refractivity contribution in [3.8, 4) is 6.07 Å². The minimum Gasteiger partial charge on any atom is -0.383 e. The Bertz CT molecular complexity index is 485. The number of hydrogen-bond acceptors (Lipinski definition) is 4. The Balaban J connectivity index is 2.59. The van der Waals surface area contributed by atoms with Gasteiger partial charge in [-0.2, -0.15) is 5.26 Å². The molecule has 102 valence electrons. The fourth-order valence-corrected chi connectivity index (χ4v) is 1.43. The molecule has 0 saturated carbocycles. The fraction of sp³-hybridized carbons (Fsp3) is 0.385. The van der Waals surface area contributed by atoms with Gasteiger partial charge in [0.05, 0.1) is 23.9 Å². The van der Waals surface area contributed by atoms with Crippen molar-refractivity contribution in [1.82, 2.24) is 5.32 Å². The number of carbonyl (C=O) groups excluding carboxylic acids is 1. The Morgan fingerprint density at radius 3 is 2.89 bits per heavy atom. The zero-order valence-electron chi connectivity index (χ0n) is 10.9. The molecule has 1 atom stereocenters. The van der Waals surface area contributed by atoms with Crippen LogP contribution in [0.5, 0.6) is 0 Å². The number of benzene rings is 1. The van der Waals surface area contributed by atoms with Crippen LogP contribution in [0, 0.1) is 17.1 Å². The number of methoxy groups -OCH3 is 1. The van der Waals surface area contributed by atoms with Crippen LogP contribution in [-0.2, 0) is 9.53 Å². The minimum atomic E-state index is -0.584. The molecule has 1 aromatic carbocycles. The third-order valence-electron chi connectivity index (χ3n) is 2.47. The highest BCUT2D eigenvalue weighted by Crippen LogP contribution is 2.16. The first-order valence-electron chi connectivity index (χ1n) is 5.81. The number of anilines is 1. The molecule has 0 fully saturated rings. The molecule has 0 bridgehead atoms. The van der Waals surface area contributed by atoms with E-state index in [0.717, 1.165) is 6.07 Å². The lowest BCUT2D eigenvalue weighted by Gasteiger charge is -2.15. The number of nitrogens with zero attached hydrogens (tertiary/aromatic N) is 1. The van der Waals surface area contributed by atoms with E-state index in [1.54, 1.807) is 14.0 Å². The lowest BCUT2D eigenvalue weighted by atomic mass is 10.2. The topological polar surface area (TPSA) is 74.2 Å². The van der Waals surface area contributed by atoms with E-state index in [0.29, 0.717) is 13.2 Å². The molecule has 6 heteroatoms. The highest BCUT2D eigenvalue weighted by atomic mass is 19.1. The molecule has 19 heavy (non-hydrogen) atoms. The monoisotopic (exact) mass is 265 g/mol. The Labute approximate surface area is 111 Å². The Morgan fingerprint density at radius 2 is 2.32 bits per heavy atom. The maximum Gasteiger partial charge on any atom is 0.242 e. The van der Waals surface area contributed by atoms with Crippen LogP contribution in [0.2, 0.25) is 0 Å². The van der Waals surface area contributed by atoms with Gasteiger partial charge in [0, 0.05) is 13.7 Å². The summed E-state index contributed by atoms with van der Waals surface area (Å²) in [5.74, 6) is -0.809. The van der Waals surface area contributed by atoms with Gasteiger partial charge in [-0.25, -0.2) is 4.39 Å². The van der Waals surface area contributed by atoms with Crippen molar-refractivity contribution in [3.63, 3.8) is 0 Å². The number of amides is 1. The second-order valence-corrected chi connectivity index (χ2v) is 3.96. The zero-order valence-corrected chi connectivity index (χ0v) is 10.9. The first-order chi connectivity index (χ1) is 9.08. The quantitative estimate of drug-likeness (QED) is 0.759. The summed E-state index contributed by atoms with van der Waals surface area (Å²) in [7, 11) is 1.54. The Morgan fingerprint density at radius 1 is 1.58 bits per heavy atom. The smallest absolute Gasteiger partial charge is 0.242 e. The highest BCUT2D eigenvalue weighted by Gasteiger charge is 2.14. The van der Waals surface area contributed by atoms with E-state index in [4.69, 9.17) is 10.00 Å². The Hall–Kier alpha value is -2.13. The van der Waals surface area contributed by atoms with Gasteiger partial charge >= 0.3 is 0 Å². The van der Waals surface area contributed by atoms with Crippen molar-refractivity contribution in [3.05, 3.63) is 29.6 Å². The van der Waals surface area contributed by atoms with Crippen molar-refractivity contribution < 1.29 is 13.9 Å². The molecule has 0 aromatic heterocycles. The number of carbonyl (C=O) groups is 1. The van der Waals surface area contributed by atoms with Gasteiger partial charge in [0.25, 0.3) is 0 Å². The SMILES string of the molecule is COCCNC(=O)C(C)Nc1ccc(C#N)cc1F. The molecule has 5 nitrogen and oxygen atoms in total. The van der Waals surface area contributed by atoms with Crippen LogP contribution in [0.25, 0.3) is 0 Å². The standard InChI is InChI=1S/C13H16FN3O2/c1-9(13(18)16-5-6-19-2)17-12-4-3-10(8-15)7-11(12)14/h3-4,7,9,17H,5-6H2,1-2H3,(H,16,18). The zero-order chi connectivity index (χ0) is 14.3. The molecular formula is C13H16FN3O2. The van der Waals surface area contributed by atoms with Crippen LogP contribution in [0.3, 0.4) is 0 Å². The Kier molecular flexibility index (Phi) is 5.76. The number of hydrogen-bond donors (Lipinski definition) is 2.